The Kier molecular flexibility index (Phi) is 28.0. The Labute approximate surface area is 347 Å². The molecule has 2 aromatic rings. The number of aryl methyl sites for hydroxylation is 1. The monoisotopic (exact) mass is 837 g/mol. The number of urea groups is 1. The maximum Gasteiger partial charge on any atom is 0.314 e. The van der Waals surface area contributed by atoms with Crippen LogP contribution >= 0.6 is 11.6 Å². The molecule has 0 fully saturated rings. The van der Waals surface area contributed by atoms with E-state index in [9.17, 15) is 14.4 Å². The summed E-state index contributed by atoms with van der Waals surface area (Å²) in [5, 5.41) is 7.86. The first-order valence-electron chi connectivity index (χ1n) is 20.0. The molecule has 0 atom stereocenters. The molecule has 2 rings (SSSR count). The molecule has 1 heterocycles. The summed E-state index contributed by atoms with van der Waals surface area (Å²) < 4.78 is 33.2. The first-order chi connectivity index (χ1) is 28.2. The van der Waals surface area contributed by atoms with Crippen molar-refractivity contribution in [2.45, 2.75) is 71.1 Å². The van der Waals surface area contributed by atoms with E-state index in [2.05, 4.69) is 37.8 Å². The molecular formula is C39H64ClN9O9. The van der Waals surface area contributed by atoms with E-state index < -0.39 is 5.91 Å². The largest absolute Gasteiger partial charge is 0.491 e. The van der Waals surface area contributed by atoms with Crippen molar-refractivity contribution in [3.8, 4) is 5.75 Å². The highest BCUT2D eigenvalue weighted by atomic mass is 35.5. The maximum absolute atomic E-state index is 12.3. The summed E-state index contributed by atoms with van der Waals surface area (Å²) in [7, 11) is 0. The Morgan fingerprint density at radius 3 is 2.02 bits per heavy atom. The number of hydrogen-bond acceptors (Lipinski definition) is 14. The molecule has 19 heteroatoms. The van der Waals surface area contributed by atoms with Crippen LogP contribution in [0.15, 0.2) is 29.3 Å². The summed E-state index contributed by atoms with van der Waals surface area (Å²) >= 11 is 5.82. The predicted octanol–water partition coefficient (Wildman–Crippen LogP) is 3.44. The topological polar surface area (TPSA) is 259 Å². The molecule has 0 aliphatic rings. The standard InChI is InChI=1S/C39H64ClN9O9/c1-2-19-53-22-24-55-21-18-46-39(52)45-17-6-3-4-10-31(50)11-8-20-54-23-25-56-26-27-57-28-29-58-32-14-12-30(13-15-32)9-5-7-16-44-38(43)49-37(51)33-35(41)48-36(42)34(40)47-33/h12-15H,2-11,16-29H2,1H3,(H4,41,42,48)(H2,45,46,52)(H3,43,44,49,51). The minimum atomic E-state index is -0.676. The number of rotatable bonds is 34. The maximum atomic E-state index is 12.3. The number of nitrogen functional groups attached to an aromatic ring is 2. The SMILES string of the molecule is CCCOCCOCCNC(=O)NCCCCCC(=O)CCCOCCOCCOCCOc1ccc(CCCCN=C(N)NC(=O)c2nc(Cl)c(N)nc2N)cc1. The number of unbranched alkanes of at least 4 members (excludes halogenated alkanes) is 3. The summed E-state index contributed by atoms with van der Waals surface area (Å²) in [5.74, 6) is 0.0338. The summed E-state index contributed by atoms with van der Waals surface area (Å²) in [6.45, 7) is 8.99. The number of ether oxygens (including phenoxy) is 6. The molecule has 0 saturated heterocycles. The number of nitrogens with zero attached hydrogens (tertiary/aromatic N) is 3. The fraction of sp³-hybridized carbons (Fsp3) is 0.641. The number of carbonyl (C=O) groups is 3. The van der Waals surface area contributed by atoms with Gasteiger partial charge in [-0.1, -0.05) is 37.1 Å². The van der Waals surface area contributed by atoms with Crippen LogP contribution < -0.4 is 37.9 Å². The van der Waals surface area contributed by atoms with Gasteiger partial charge in [0.25, 0.3) is 5.91 Å². The van der Waals surface area contributed by atoms with E-state index in [0.29, 0.717) is 105 Å². The highest BCUT2D eigenvalue weighted by Crippen LogP contribution is 2.17. The quantitative estimate of drug-likeness (QED) is 0.0335. The fourth-order valence-corrected chi connectivity index (χ4v) is 5.19. The van der Waals surface area contributed by atoms with E-state index in [4.69, 9.17) is 57.2 Å². The number of aromatic nitrogens is 2. The van der Waals surface area contributed by atoms with Crippen molar-refractivity contribution in [1.29, 1.82) is 0 Å². The second-order valence-corrected chi connectivity index (χ2v) is 13.4. The number of Topliss-reactive ketones (excluding diaryl/α,β-unsaturated/α-hetero) is 1. The van der Waals surface area contributed by atoms with Crippen LogP contribution in [0.3, 0.4) is 0 Å². The van der Waals surface area contributed by atoms with Crippen molar-refractivity contribution >= 4 is 46.9 Å². The lowest BCUT2D eigenvalue weighted by Gasteiger charge is -2.09. The van der Waals surface area contributed by atoms with Gasteiger partial charge in [-0.15, -0.1) is 0 Å². The minimum absolute atomic E-state index is 0.0580. The van der Waals surface area contributed by atoms with Crippen molar-refractivity contribution in [1.82, 2.24) is 25.9 Å². The molecule has 58 heavy (non-hydrogen) atoms. The molecule has 0 spiro atoms. The molecule has 0 aliphatic carbocycles. The van der Waals surface area contributed by atoms with E-state index in [1.54, 1.807) is 0 Å². The zero-order valence-corrected chi connectivity index (χ0v) is 34.7. The Morgan fingerprint density at radius 2 is 1.31 bits per heavy atom. The molecule has 0 aliphatic heterocycles. The number of benzene rings is 1. The molecule has 326 valence electrons. The molecule has 9 N–H and O–H groups in total. The van der Waals surface area contributed by atoms with Gasteiger partial charge in [-0.05, 0) is 62.6 Å². The molecule has 18 nitrogen and oxygen atoms in total. The lowest BCUT2D eigenvalue weighted by molar-refractivity contribution is -0.119. The van der Waals surface area contributed by atoms with E-state index in [1.807, 2.05) is 24.3 Å². The summed E-state index contributed by atoms with van der Waals surface area (Å²) in [6, 6.07) is 7.68. The molecule has 1 aromatic heterocycles. The van der Waals surface area contributed by atoms with Gasteiger partial charge in [-0.3, -0.25) is 19.9 Å². The third-order valence-electron chi connectivity index (χ3n) is 8.10. The van der Waals surface area contributed by atoms with Gasteiger partial charge in [0, 0.05) is 45.7 Å². The summed E-state index contributed by atoms with van der Waals surface area (Å²) in [5.41, 5.74) is 18.0. The van der Waals surface area contributed by atoms with Gasteiger partial charge < -0.3 is 56.3 Å². The normalized spacial score (nSPS) is 11.4. The molecule has 0 saturated carbocycles. The highest BCUT2D eigenvalue weighted by Gasteiger charge is 2.16. The number of amides is 3. The second-order valence-electron chi connectivity index (χ2n) is 13.0. The Hall–Kier alpha value is -4.33. The highest BCUT2D eigenvalue weighted by molar-refractivity contribution is 6.31. The van der Waals surface area contributed by atoms with Crippen LogP contribution in [0, 0.1) is 0 Å². The number of aliphatic imine (C=N–C) groups is 1. The van der Waals surface area contributed by atoms with E-state index in [1.165, 1.54) is 0 Å². The number of hydrogen-bond donors (Lipinski definition) is 6. The van der Waals surface area contributed by atoms with Gasteiger partial charge >= 0.3 is 6.03 Å². The van der Waals surface area contributed by atoms with E-state index in [0.717, 1.165) is 62.9 Å². The second kappa shape index (κ2) is 32.6. The lowest BCUT2D eigenvalue weighted by Crippen LogP contribution is -2.38. The molecule has 0 bridgehead atoms. The van der Waals surface area contributed by atoms with Gasteiger partial charge in [-0.25, -0.2) is 14.8 Å². The van der Waals surface area contributed by atoms with E-state index in [-0.39, 0.29) is 40.3 Å². The van der Waals surface area contributed by atoms with Gasteiger partial charge in [0.1, 0.15) is 18.1 Å². The van der Waals surface area contributed by atoms with Crippen LogP contribution in [-0.2, 0) is 34.9 Å². The third-order valence-corrected chi connectivity index (χ3v) is 8.37. The fourth-order valence-electron chi connectivity index (χ4n) is 5.06. The van der Waals surface area contributed by atoms with Gasteiger partial charge in [0.05, 0.1) is 52.9 Å². The number of halogens is 1. The van der Waals surface area contributed by atoms with Crippen molar-refractivity contribution in [3.05, 3.63) is 40.7 Å². The Morgan fingerprint density at radius 1 is 0.690 bits per heavy atom. The summed E-state index contributed by atoms with van der Waals surface area (Å²) in [6.07, 6.45) is 7.74. The first-order valence-corrected chi connectivity index (χ1v) is 20.4. The number of nitrogens with two attached hydrogens (primary N) is 3. The lowest BCUT2D eigenvalue weighted by atomic mass is 10.1. The molecule has 0 unspecified atom stereocenters. The van der Waals surface area contributed by atoms with Gasteiger partial charge in [0.2, 0.25) is 0 Å². The van der Waals surface area contributed by atoms with Crippen LogP contribution in [-0.4, -0.2) is 126 Å². The number of ketones is 1. The molecular weight excluding hydrogens is 774 g/mol. The average Bonchev–Trinajstić information content (AvgIpc) is 3.20. The van der Waals surface area contributed by atoms with Crippen LogP contribution in [0.4, 0.5) is 16.4 Å². The Bertz CT molecular complexity index is 1470. The number of anilines is 2. The Balaban J connectivity index is 1.34. The van der Waals surface area contributed by atoms with Crippen LogP contribution in [0.2, 0.25) is 5.15 Å². The van der Waals surface area contributed by atoms with Crippen molar-refractivity contribution in [2.24, 2.45) is 10.7 Å². The van der Waals surface area contributed by atoms with Crippen molar-refractivity contribution < 1.29 is 42.8 Å². The van der Waals surface area contributed by atoms with Crippen LogP contribution in [0.25, 0.3) is 0 Å². The summed E-state index contributed by atoms with van der Waals surface area (Å²) in [4.78, 5) is 48.0. The van der Waals surface area contributed by atoms with Crippen LogP contribution in [0.5, 0.6) is 5.75 Å². The molecule has 3 amide bonds. The molecule has 0 radical (unpaired) electrons. The predicted molar refractivity (Wildman–Crippen MR) is 223 cm³/mol. The minimum Gasteiger partial charge on any atom is -0.491 e. The van der Waals surface area contributed by atoms with Gasteiger partial charge in [0.15, 0.2) is 28.4 Å². The van der Waals surface area contributed by atoms with Crippen LogP contribution in [0.1, 0.15) is 80.8 Å². The van der Waals surface area contributed by atoms with Crippen molar-refractivity contribution in [3.63, 3.8) is 0 Å². The zero-order chi connectivity index (χ0) is 42.1. The number of guanidine groups is 1. The smallest absolute Gasteiger partial charge is 0.314 e. The number of nitrogens with one attached hydrogen (secondary N) is 3. The van der Waals surface area contributed by atoms with Gasteiger partial charge in [-0.2, -0.15) is 0 Å². The molecule has 1 aromatic carbocycles. The van der Waals surface area contributed by atoms with E-state index >= 15 is 0 Å². The van der Waals surface area contributed by atoms with Crippen molar-refractivity contribution in [2.75, 3.05) is 104 Å². The first kappa shape index (κ1) is 49.8. The number of carbonyl (C=O) groups excluding carboxylic acids is 3. The zero-order valence-electron chi connectivity index (χ0n) is 33.9. The average molecular weight is 838 g/mol. The third kappa shape index (κ3) is 25.1.